The first-order valence-corrected chi connectivity index (χ1v) is 6.75. The number of rotatable bonds is 2. The van der Waals surface area contributed by atoms with Crippen LogP contribution in [0.2, 0.25) is 0 Å². The highest BCUT2D eigenvalue weighted by Crippen LogP contribution is 2.40. The number of ether oxygens (including phenoxy) is 1. The van der Waals surface area contributed by atoms with E-state index in [9.17, 15) is 5.11 Å². The van der Waals surface area contributed by atoms with Crippen molar-refractivity contribution in [3.63, 3.8) is 0 Å². The molecule has 3 nitrogen and oxygen atoms in total. The average Bonchev–Trinajstić information content (AvgIpc) is 2.75. The van der Waals surface area contributed by atoms with Gasteiger partial charge in [0.1, 0.15) is 0 Å². The molecular weight excluding hydrogens is 214 g/mol. The molecule has 0 saturated carbocycles. The monoisotopic (exact) mass is 243 g/mol. The Kier molecular flexibility index (Phi) is 7.68. The summed E-state index contributed by atoms with van der Waals surface area (Å²) in [4.78, 5) is 2.31. The molecule has 0 aliphatic carbocycles. The first-order valence-electron chi connectivity index (χ1n) is 6.75. The van der Waals surface area contributed by atoms with Crippen LogP contribution in [0.1, 0.15) is 40.5 Å². The number of hydrogen-bond donors (Lipinski definition) is 1. The molecule has 0 aromatic carbocycles. The molecular formula is C14H29NO2. The fourth-order valence-electron chi connectivity index (χ4n) is 2.76. The standard InChI is InChI=1S/C10H17NO2.2C2H6/c1-8-3-10(7-13-2)4-9(12)6-11(10)5-8;2*1-2/h9,12H,1,3-7H2,2H3;2*1-2H3. The molecule has 3 heteroatoms. The Balaban J connectivity index is 0.000000581. The van der Waals surface area contributed by atoms with Crippen LogP contribution >= 0.6 is 0 Å². The Hall–Kier alpha value is -0.380. The Morgan fingerprint density at radius 2 is 2.00 bits per heavy atom. The lowest BCUT2D eigenvalue weighted by Gasteiger charge is -2.30. The zero-order valence-electron chi connectivity index (χ0n) is 12.1. The van der Waals surface area contributed by atoms with Gasteiger partial charge in [0.15, 0.2) is 0 Å². The number of aliphatic hydroxyl groups is 1. The summed E-state index contributed by atoms with van der Waals surface area (Å²) < 4.78 is 5.23. The molecule has 2 rings (SSSR count). The molecule has 2 aliphatic rings. The quantitative estimate of drug-likeness (QED) is 0.756. The largest absolute Gasteiger partial charge is 0.392 e. The second-order valence-electron chi connectivity index (χ2n) is 4.32. The van der Waals surface area contributed by atoms with E-state index >= 15 is 0 Å². The highest BCUT2D eigenvalue weighted by atomic mass is 16.5. The van der Waals surface area contributed by atoms with Crippen molar-refractivity contribution >= 4 is 0 Å². The fourth-order valence-corrected chi connectivity index (χ4v) is 2.76. The van der Waals surface area contributed by atoms with Crippen molar-refractivity contribution < 1.29 is 9.84 Å². The van der Waals surface area contributed by atoms with Crippen molar-refractivity contribution in [2.75, 3.05) is 26.8 Å². The zero-order valence-corrected chi connectivity index (χ0v) is 12.1. The van der Waals surface area contributed by atoms with Gasteiger partial charge < -0.3 is 9.84 Å². The summed E-state index contributed by atoms with van der Waals surface area (Å²) >= 11 is 0. The van der Waals surface area contributed by atoms with Gasteiger partial charge in [0.25, 0.3) is 0 Å². The highest BCUT2D eigenvalue weighted by molar-refractivity contribution is 5.18. The van der Waals surface area contributed by atoms with Gasteiger partial charge in [-0.05, 0) is 12.8 Å². The van der Waals surface area contributed by atoms with E-state index in [4.69, 9.17) is 4.74 Å². The number of β-amino-alcohol motifs (C(OH)–C–C–N with tert-alkyl or cyclic N) is 1. The van der Waals surface area contributed by atoms with Crippen LogP contribution in [0.4, 0.5) is 0 Å². The van der Waals surface area contributed by atoms with Gasteiger partial charge in [-0.2, -0.15) is 0 Å². The summed E-state index contributed by atoms with van der Waals surface area (Å²) in [6, 6.07) is 0. The maximum Gasteiger partial charge on any atom is 0.0686 e. The van der Waals surface area contributed by atoms with Crippen LogP contribution in [0.15, 0.2) is 12.2 Å². The minimum Gasteiger partial charge on any atom is -0.392 e. The maximum absolute atomic E-state index is 9.59. The lowest BCUT2D eigenvalue weighted by molar-refractivity contribution is 0.0648. The van der Waals surface area contributed by atoms with Gasteiger partial charge in [-0.25, -0.2) is 0 Å². The fraction of sp³-hybridized carbons (Fsp3) is 0.857. The molecule has 0 aromatic heterocycles. The molecule has 0 amide bonds. The second-order valence-corrected chi connectivity index (χ2v) is 4.32. The van der Waals surface area contributed by atoms with Crippen molar-refractivity contribution in [3.05, 3.63) is 12.2 Å². The van der Waals surface area contributed by atoms with Crippen LogP contribution in [0.5, 0.6) is 0 Å². The van der Waals surface area contributed by atoms with E-state index in [1.165, 1.54) is 5.57 Å². The van der Waals surface area contributed by atoms with E-state index in [2.05, 4.69) is 11.5 Å². The van der Waals surface area contributed by atoms with Crippen molar-refractivity contribution in [2.45, 2.75) is 52.2 Å². The number of hydrogen-bond acceptors (Lipinski definition) is 3. The van der Waals surface area contributed by atoms with Crippen molar-refractivity contribution in [1.29, 1.82) is 0 Å². The second kappa shape index (κ2) is 7.85. The smallest absolute Gasteiger partial charge is 0.0686 e. The number of aliphatic hydroxyl groups excluding tert-OH is 1. The Morgan fingerprint density at radius 1 is 1.41 bits per heavy atom. The van der Waals surface area contributed by atoms with Gasteiger partial charge in [0.2, 0.25) is 0 Å². The third kappa shape index (κ3) is 3.80. The van der Waals surface area contributed by atoms with Crippen LogP contribution < -0.4 is 0 Å². The summed E-state index contributed by atoms with van der Waals surface area (Å²) in [5, 5.41) is 9.59. The first-order chi connectivity index (χ1) is 8.16. The number of methoxy groups -OCH3 is 1. The minimum absolute atomic E-state index is 0.0608. The predicted octanol–water partition coefficient (Wildman–Crippen LogP) is 2.45. The summed E-state index contributed by atoms with van der Waals surface area (Å²) in [5.41, 5.74) is 1.33. The van der Waals surface area contributed by atoms with Crippen molar-refractivity contribution in [2.24, 2.45) is 0 Å². The van der Waals surface area contributed by atoms with Gasteiger partial charge in [-0.3, -0.25) is 4.90 Å². The first kappa shape index (κ1) is 16.6. The molecule has 2 atom stereocenters. The van der Waals surface area contributed by atoms with Crippen molar-refractivity contribution in [1.82, 2.24) is 4.90 Å². The normalized spacial score (nSPS) is 31.2. The maximum atomic E-state index is 9.59. The molecule has 2 unspecified atom stereocenters. The van der Waals surface area contributed by atoms with Gasteiger partial charge in [-0.15, -0.1) is 0 Å². The molecule has 0 spiro atoms. The van der Waals surface area contributed by atoms with E-state index in [1.807, 2.05) is 27.7 Å². The van der Waals surface area contributed by atoms with E-state index in [1.54, 1.807) is 7.11 Å². The van der Waals surface area contributed by atoms with Gasteiger partial charge in [-0.1, -0.05) is 39.8 Å². The van der Waals surface area contributed by atoms with Crippen LogP contribution in [-0.4, -0.2) is 48.5 Å². The van der Waals surface area contributed by atoms with E-state index in [-0.39, 0.29) is 11.6 Å². The Labute approximate surface area is 106 Å². The molecule has 17 heavy (non-hydrogen) atoms. The van der Waals surface area contributed by atoms with Gasteiger partial charge in [0.05, 0.1) is 18.2 Å². The van der Waals surface area contributed by atoms with Crippen LogP contribution in [0.25, 0.3) is 0 Å². The number of fused-ring (bicyclic) bond motifs is 1. The molecule has 102 valence electrons. The molecule has 1 N–H and O–H groups in total. The lowest BCUT2D eigenvalue weighted by atomic mass is 9.93. The molecule has 2 aliphatic heterocycles. The predicted molar refractivity (Wildman–Crippen MR) is 73.3 cm³/mol. The highest BCUT2D eigenvalue weighted by Gasteiger charge is 2.49. The van der Waals surface area contributed by atoms with Gasteiger partial charge in [0, 0.05) is 20.2 Å². The minimum atomic E-state index is -0.178. The van der Waals surface area contributed by atoms with Crippen LogP contribution in [-0.2, 0) is 4.74 Å². The van der Waals surface area contributed by atoms with E-state index in [0.717, 1.165) is 25.9 Å². The van der Waals surface area contributed by atoms with E-state index < -0.39 is 0 Å². The topological polar surface area (TPSA) is 32.7 Å². The molecule has 0 aromatic rings. The van der Waals surface area contributed by atoms with Crippen LogP contribution in [0, 0.1) is 0 Å². The van der Waals surface area contributed by atoms with Gasteiger partial charge >= 0.3 is 0 Å². The molecule has 2 saturated heterocycles. The SMILES string of the molecule is C=C1CN2CC(O)CC2(COC)C1.CC.CC. The third-order valence-electron chi connectivity index (χ3n) is 3.12. The third-order valence-corrected chi connectivity index (χ3v) is 3.12. The summed E-state index contributed by atoms with van der Waals surface area (Å²) in [6.45, 7) is 14.4. The Morgan fingerprint density at radius 3 is 2.53 bits per heavy atom. The lowest BCUT2D eigenvalue weighted by Crippen LogP contribution is -2.42. The molecule has 2 heterocycles. The zero-order chi connectivity index (χ0) is 13.5. The summed E-state index contributed by atoms with van der Waals surface area (Å²) in [5.74, 6) is 0. The Bertz CT molecular complexity index is 230. The van der Waals surface area contributed by atoms with Crippen LogP contribution in [0.3, 0.4) is 0 Å². The van der Waals surface area contributed by atoms with E-state index in [0.29, 0.717) is 6.61 Å². The molecule has 0 radical (unpaired) electrons. The molecule has 2 fully saturated rings. The summed E-state index contributed by atoms with van der Waals surface area (Å²) in [7, 11) is 1.72. The molecule has 0 bridgehead atoms. The summed E-state index contributed by atoms with van der Waals surface area (Å²) in [6.07, 6.45) is 1.64. The van der Waals surface area contributed by atoms with Crippen molar-refractivity contribution in [3.8, 4) is 0 Å². The number of nitrogens with zero attached hydrogens (tertiary/aromatic N) is 1. The average molecular weight is 243 g/mol.